The third kappa shape index (κ3) is 1.82. The van der Waals surface area contributed by atoms with E-state index in [-0.39, 0.29) is 5.95 Å². The van der Waals surface area contributed by atoms with E-state index in [0.29, 0.717) is 27.8 Å². The van der Waals surface area contributed by atoms with Crippen LogP contribution in [0.5, 0.6) is 11.6 Å². The standard InChI is InChI=1S/C11H8ClN5O/c12-6-3-1-2-4-7(6)18-10-8-9(15-5-14-8)16-11(13)17-10/h1-5H,(H3,13,14,15,16,17). The fourth-order valence-electron chi connectivity index (χ4n) is 1.53. The lowest BCUT2D eigenvalue weighted by atomic mass is 10.3. The Morgan fingerprint density at radius 3 is 2.89 bits per heavy atom. The molecule has 3 aromatic rings. The zero-order valence-electron chi connectivity index (χ0n) is 9.09. The van der Waals surface area contributed by atoms with E-state index >= 15 is 0 Å². The van der Waals surface area contributed by atoms with Gasteiger partial charge < -0.3 is 15.5 Å². The number of para-hydroxylation sites is 1. The van der Waals surface area contributed by atoms with Crippen molar-refractivity contribution in [2.75, 3.05) is 5.73 Å². The van der Waals surface area contributed by atoms with Crippen molar-refractivity contribution in [2.45, 2.75) is 0 Å². The number of nitrogens with one attached hydrogen (secondary N) is 1. The number of hydrogen-bond donors (Lipinski definition) is 2. The van der Waals surface area contributed by atoms with Crippen molar-refractivity contribution in [1.82, 2.24) is 19.9 Å². The number of nitrogens with two attached hydrogens (primary N) is 1. The second-order valence-corrected chi connectivity index (χ2v) is 3.93. The van der Waals surface area contributed by atoms with E-state index in [0.717, 1.165) is 0 Å². The molecule has 0 aliphatic heterocycles. The van der Waals surface area contributed by atoms with Crippen LogP contribution in [0, 0.1) is 0 Å². The SMILES string of the molecule is Nc1nc(Oc2ccccc2Cl)c2[nH]cnc2n1. The summed E-state index contributed by atoms with van der Waals surface area (Å²) in [7, 11) is 0. The van der Waals surface area contributed by atoms with Gasteiger partial charge in [-0.25, -0.2) is 4.98 Å². The second kappa shape index (κ2) is 4.15. The van der Waals surface area contributed by atoms with E-state index in [4.69, 9.17) is 22.1 Å². The molecule has 0 unspecified atom stereocenters. The van der Waals surface area contributed by atoms with Gasteiger partial charge in [0, 0.05) is 0 Å². The lowest BCUT2D eigenvalue weighted by Crippen LogP contribution is -1.98. The van der Waals surface area contributed by atoms with Gasteiger partial charge in [-0.2, -0.15) is 9.97 Å². The molecule has 3 N–H and O–H groups in total. The minimum atomic E-state index is 0.0941. The van der Waals surface area contributed by atoms with E-state index in [1.54, 1.807) is 12.1 Å². The minimum Gasteiger partial charge on any atom is -0.435 e. The number of halogens is 1. The van der Waals surface area contributed by atoms with Gasteiger partial charge in [-0.15, -0.1) is 0 Å². The number of fused-ring (bicyclic) bond motifs is 1. The Kier molecular flexibility index (Phi) is 2.49. The number of nitrogens with zero attached hydrogens (tertiary/aromatic N) is 3. The van der Waals surface area contributed by atoms with Crippen LogP contribution in [-0.2, 0) is 0 Å². The monoisotopic (exact) mass is 261 g/mol. The van der Waals surface area contributed by atoms with Crippen LogP contribution in [0.15, 0.2) is 30.6 Å². The van der Waals surface area contributed by atoms with Crippen LogP contribution in [0.25, 0.3) is 11.2 Å². The quantitative estimate of drug-likeness (QED) is 0.739. The summed E-state index contributed by atoms with van der Waals surface area (Å²) >= 11 is 6.01. The van der Waals surface area contributed by atoms with Gasteiger partial charge >= 0.3 is 0 Å². The molecule has 7 heteroatoms. The van der Waals surface area contributed by atoms with Crippen molar-refractivity contribution >= 4 is 28.7 Å². The van der Waals surface area contributed by atoms with E-state index in [1.807, 2.05) is 12.1 Å². The number of ether oxygens (including phenoxy) is 1. The van der Waals surface area contributed by atoms with Gasteiger partial charge in [-0.05, 0) is 12.1 Å². The van der Waals surface area contributed by atoms with Gasteiger partial charge in [0.05, 0.1) is 11.3 Å². The topological polar surface area (TPSA) is 89.7 Å². The number of benzene rings is 1. The average Bonchev–Trinajstić information content (AvgIpc) is 2.80. The molecule has 0 atom stereocenters. The number of rotatable bonds is 2. The number of aromatic nitrogens is 4. The van der Waals surface area contributed by atoms with Crippen LogP contribution < -0.4 is 10.5 Å². The molecular weight excluding hydrogens is 254 g/mol. The number of aromatic amines is 1. The van der Waals surface area contributed by atoms with E-state index < -0.39 is 0 Å². The molecule has 0 saturated carbocycles. The largest absolute Gasteiger partial charge is 0.435 e. The molecule has 2 aromatic heterocycles. The molecule has 0 saturated heterocycles. The van der Waals surface area contributed by atoms with Gasteiger partial charge in [0.25, 0.3) is 5.88 Å². The molecule has 0 amide bonds. The molecule has 0 bridgehead atoms. The summed E-state index contributed by atoms with van der Waals surface area (Å²) in [6.07, 6.45) is 1.50. The molecule has 0 aliphatic rings. The van der Waals surface area contributed by atoms with Gasteiger partial charge in [0.2, 0.25) is 5.95 Å². The Bertz CT molecular complexity index is 711. The van der Waals surface area contributed by atoms with Crippen LogP contribution in [0.4, 0.5) is 5.95 Å². The first-order valence-corrected chi connectivity index (χ1v) is 5.51. The highest BCUT2D eigenvalue weighted by molar-refractivity contribution is 6.32. The maximum Gasteiger partial charge on any atom is 0.250 e. The molecule has 6 nitrogen and oxygen atoms in total. The molecule has 1 aromatic carbocycles. The third-order valence-corrected chi connectivity index (χ3v) is 2.63. The van der Waals surface area contributed by atoms with Gasteiger partial charge in [-0.3, -0.25) is 0 Å². The van der Waals surface area contributed by atoms with Crippen molar-refractivity contribution in [3.63, 3.8) is 0 Å². The van der Waals surface area contributed by atoms with Gasteiger partial charge in [0.15, 0.2) is 5.65 Å². The van der Waals surface area contributed by atoms with Crippen LogP contribution in [0.3, 0.4) is 0 Å². The summed E-state index contributed by atoms with van der Waals surface area (Å²) in [5.74, 6) is 0.882. The maximum atomic E-state index is 6.01. The van der Waals surface area contributed by atoms with Crippen LogP contribution in [0.2, 0.25) is 5.02 Å². The van der Waals surface area contributed by atoms with Gasteiger partial charge in [-0.1, -0.05) is 23.7 Å². The lowest BCUT2D eigenvalue weighted by Gasteiger charge is -2.07. The van der Waals surface area contributed by atoms with Crippen LogP contribution in [0.1, 0.15) is 0 Å². The highest BCUT2D eigenvalue weighted by atomic mass is 35.5. The second-order valence-electron chi connectivity index (χ2n) is 3.52. The number of nitrogen functional groups attached to an aromatic ring is 1. The van der Waals surface area contributed by atoms with E-state index in [2.05, 4.69) is 19.9 Å². The highest BCUT2D eigenvalue weighted by Gasteiger charge is 2.11. The first kappa shape index (κ1) is 10.8. The third-order valence-electron chi connectivity index (χ3n) is 2.31. The number of imidazole rings is 1. The molecule has 0 aliphatic carbocycles. The summed E-state index contributed by atoms with van der Waals surface area (Å²) in [6.45, 7) is 0. The maximum absolute atomic E-state index is 6.01. The summed E-state index contributed by atoms with van der Waals surface area (Å²) in [4.78, 5) is 14.9. The normalized spacial score (nSPS) is 10.7. The van der Waals surface area contributed by atoms with Crippen molar-refractivity contribution in [3.05, 3.63) is 35.6 Å². The Morgan fingerprint density at radius 2 is 2.06 bits per heavy atom. The number of H-pyrrole nitrogens is 1. The van der Waals surface area contributed by atoms with Gasteiger partial charge in [0.1, 0.15) is 11.3 Å². The molecule has 0 spiro atoms. The Balaban J connectivity index is 2.10. The van der Waals surface area contributed by atoms with Crippen molar-refractivity contribution in [3.8, 4) is 11.6 Å². The molecule has 2 heterocycles. The minimum absolute atomic E-state index is 0.0941. The summed E-state index contributed by atoms with van der Waals surface area (Å²) in [5.41, 5.74) is 6.61. The molecule has 3 rings (SSSR count). The Hall–Kier alpha value is -2.34. The zero-order valence-corrected chi connectivity index (χ0v) is 9.85. The summed E-state index contributed by atoms with van der Waals surface area (Å²) in [5, 5.41) is 0.488. The smallest absolute Gasteiger partial charge is 0.250 e. The van der Waals surface area contributed by atoms with E-state index in [1.165, 1.54) is 6.33 Å². The first-order valence-electron chi connectivity index (χ1n) is 5.13. The molecule has 0 fully saturated rings. The average molecular weight is 262 g/mol. The molecule has 0 radical (unpaired) electrons. The fraction of sp³-hybridized carbons (Fsp3) is 0. The lowest BCUT2D eigenvalue weighted by molar-refractivity contribution is 0.468. The molecule has 18 heavy (non-hydrogen) atoms. The summed E-state index contributed by atoms with van der Waals surface area (Å²) < 4.78 is 5.63. The van der Waals surface area contributed by atoms with Crippen molar-refractivity contribution in [1.29, 1.82) is 0 Å². The number of anilines is 1. The predicted molar refractivity (Wildman–Crippen MR) is 67.6 cm³/mol. The summed E-state index contributed by atoms with van der Waals surface area (Å²) in [6, 6.07) is 7.10. The molecular formula is C11H8ClN5O. The van der Waals surface area contributed by atoms with E-state index in [9.17, 15) is 0 Å². The van der Waals surface area contributed by atoms with Crippen LogP contribution >= 0.6 is 11.6 Å². The first-order chi connectivity index (χ1) is 8.74. The highest BCUT2D eigenvalue weighted by Crippen LogP contribution is 2.30. The van der Waals surface area contributed by atoms with Crippen molar-refractivity contribution in [2.24, 2.45) is 0 Å². The Labute approximate surface area is 107 Å². The van der Waals surface area contributed by atoms with Crippen LogP contribution in [-0.4, -0.2) is 19.9 Å². The fourth-order valence-corrected chi connectivity index (χ4v) is 1.70. The Morgan fingerprint density at radius 1 is 1.22 bits per heavy atom. The zero-order chi connectivity index (χ0) is 12.5. The predicted octanol–water partition coefficient (Wildman–Crippen LogP) is 2.38. The van der Waals surface area contributed by atoms with Crippen molar-refractivity contribution < 1.29 is 4.74 Å². The number of hydrogen-bond acceptors (Lipinski definition) is 5. The molecule has 90 valence electrons.